The summed E-state index contributed by atoms with van der Waals surface area (Å²) in [5, 5.41) is 0. The molecule has 2 heteroatoms. The van der Waals surface area contributed by atoms with Gasteiger partial charge in [0.15, 0.2) is 0 Å². The molecule has 72 valence electrons. The van der Waals surface area contributed by atoms with Crippen LogP contribution < -0.4 is 0 Å². The van der Waals surface area contributed by atoms with Gasteiger partial charge < -0.3 is 0 Å². The van der Waals surface area contributed by atoms with E-state index in [9.17, 15) is 4.39 Å². The summed E-state index contributed by atoms with van der Waals surface area (Å²) < 4.78 is 13.9. The second-order valence-electron chi connectivity index (χ2n) is 4.36. The van der Waals surface area contributed by atoms with Crippen LogP contribution in [0.2, 0.25) is 0 Å². The molecule has 1 rings (SSSR count). The molecular weight excluding hydrogens is 231 g/mol. The summed E-state index contributed by atoms with van der Waals surface area (Å²) in [6, 6.07) is 3.56. The summed E-state index contributed by atoms with van der Waals surface area (Å²) in [6.07, 6.45) is 0. The monoisotopic (exact) mass is 244 g/mol. The van der Waals surface area contributed by atoms with Gasteiger partial charge in [-0.05, 0) is 45.5 Å². The van der Waals surface area contributed by atoms with Gasteiger partial charge in [0.1, 0.15) is 5.82 Å². The maximum absolute atomic E-state index is 13.3. The highest BCUT2D eigenvalue weighted by Crippen LogP contribution is 2.32. The zero-order chi connectivity index (χ0) is 10.2. The maximum atomic E-state index is 13.3. The van der Waals surface area contributed by atoms with Gasteiger partial charge in [-0.25, -0.2) is 4.39 Å². The van der Waals surface area contributed by atoms with Gasteiger partial charge in [-0.15, -0.1) is 0 Å². The summed E-state index contributed by atoms with van der Waals surface area (Å²) in [4.78, 5) is 0. The lowest BCUT2D eigenvalue weighted by molar-refractivity contribution is 0.564. The number of aryl methyl sites for hydroxylation is 1. The summed E-state index contributed by atoms with van der Waals surface area (Å²) >= 11 is 3.28. The van der Waals surface area contributed by atoms with Crippen molar-refractivity contribution in [2.45, 2.75) is 33.1 Å². The Morgan fingerprint density at radius 2 is 1.77 bits per heavy atom. The highest BCUT2D eigenvalue weighted by Gasteiger charge is 2.19. The quantitative estimate of drug-likeness (QED) is 0.642. The van der Waals surface area contributed by atoms with Crippen LogP contribution in [0.4, 0.5) is 4.39 Å². The van der Waals surface area contributed by atoms with Crippen molar-refractivity contribution in [3.05, 3.63) is 33.5 Å². The molecule has 0 spiro atoms. The Labute approximate surface area is 87.3 Å². The third-order valence-corrected chi connectivity index (χ3v) is 2.79. The third-order valence-electron chi connectivity index (χ3n) is 1.98. The Bertz CT molecular complexity index is 324. The average Bonchev–Trinajstić information content (AvgIpc) is 1.94. The molecule has 0 unspecified atom stereocenters. The lowest BCUT2D eigenvalue weighted by atomic mass is 9.86. The van der Waals surface area contributed by atoms with E-state index in [4.69, 9.17) is 0 Å². The molecule has 1 aromatic rings. The van der Waals surface area contributed by atoms with Gasteiger partial charge in [-0.3, -0.25) is 0 Å². The Morgan fingerprint density at radius 1 is 1.23 bits per heavy atom. The fourth-order valence-corrected chi connectivity index (χ4v) is 2.09. The predicted octanol–water partition coefficient (Wildman–Crippen LogP) is 4.19. The molecule has 0 fully saturated rings. The van der Waals surface area contributed by atoms with Crippen LogP contribution in [0.25, 0.3) is 0 Å². The standard InChI is InChI=1S/C11H14BrF/c1-7-5-8(11(2,3)4)10(12)9(13)6-7/h5-6H,1-4H3. The van der Waals surface area contributed by atoms with Gasteiger partial charge in [0.2, 0.25) is 0 Å². The first-order valence-electron chi connectivity index (χ1n) is 4.28. The van der Waals surface area contributed by atoms with Crippen molar-refractivity contribution >= 4 is 15.9 Å². The van der Waals surface area contributed by atoms with Crippen LogP contribution in [-0.4, -0.2) is 0 Å². The smallest absolute Gasteiger partial charge is 0.137 e. The zero-order valence-electron chi connectivity index (χ0n) is 8.41. The van der Waals surface area contributed by atoms with Gasteiger partial charge in [0, 0.05) is 0 Å². The lowest BCUT2D eigenvalue weighted by Crippen LogP contribution is -2.13. The van der Waals surface area contributed by atoms with Crippen molar-refractivity contribution in [2.24, 2.45) is 0 Å². The first kappa shape index (κ1) is 10.7. The minimum absolute atomic E-state index is 0.0221. The van der Waals surface area contributed by atoms with Crippen LogP contribution in [0, 0.1) is 12.7 Å². The van der Waals surface area contributed by atoms with E-state index in [2.05, 4.69) is 36.7 Å². The number of rotatable bonds is 0. The second kappa shape index (κ2) is 3.41. The molecule has 0 aliphatic rings. The summed E-state index contributed by atoms with van der Waals surface area (Å²) in [5.41, 5.74) is 1.96. The van der Waals surface area contributed by atoms with Gasteiger partial charge in [-0.2, -0.15) is 0 Å². The first-order chi connectivity index (χ1) is 5.82. The predicted molar refractivity (Wildman–Crippen MR) is 57.5 cm³/mol. The van der Waals surface area contributed by atoms with E-state index in [-0.39, 0.29) is 11.2 Å². The van der Waals surface area contributed by atoms with Crippen molar-refractivity contribution in [3.63, 3.8) is 0 Å². The number of benzene rings is 1. The molecule has 0 aromatic heterocycles. The Kier molecular flexibility index (Phi) is 2.81. The maximum Gasteiger partial charge on any atom is 0.137 e. The molecule has 0 amide bonds. The molecular formula is C11H14BrF. The number of hydrogen-bond acceptors (Lipinski definition) is 0. The van der Waals surface area contributed by atoms with Gasteiger partial charge in [0.05, 0.1) is 4.47 Å². The van der Waals surface area contributed by atoms with Crippen LogP contribution >= 0.6 is 15.9 Å². The lowest BCUT2D eigenvalue weighted by Gasteiger charge is -2.21. The van der Waals surface area contributed by atoms with E-state index < -0.39 is 0 Å². The molecule has 0 aliphatic carbocycles. The van der Waals surface area contributed by atoms with Crippen LogP contribution in [0.1, 0.15) is 31.9 Å². The Balaban J connectivity index is 3.37. The van der Waals surface area contributed by atoms with Crippen molar-refractivity contribution in [1.29, 1.82) is 0 Å². The molecule has 1 aromatic carbocycles. The van der Waals surface area contributed by atoms with Crippen LogP contribution in [0.5, 0.6) is 0 Å². The molecule has 0 heterocycles. The zero-order valence-corrected chi connectivity index (χ0v) is 10.00. The van der Waals surface area contributed by atoms with Crippen LogP contribution in [0.15, 0.2) is 16.6 Å². The molecule has 0 N–H and O–H groups in total. The highest BCUT2D eigenvalue weighted by atomic mass is 79.9. The molecule has 0 saturated heterocycles. The molecule has 0 bridgehead atoms. The number of hydrogen-bond donors (Lipinski definition) is 0. The first-order valence-corrected chi connectivity index (χ1v) is 5.08. The fraction of sp³-hybridized carbons (Fsp3) is 0.455. The fourth-order valence-electron chi connectivity index (χ4n) is 1.27. The summed E-state index contributed by atoms with van der Waals surface area (Å²) in [7, 11) is 0. The largest absolute Gasteiger partial charge is 0.206 e. The minimum Gasteiger partial charge on any atom is -0.206 e. The third kappa shape index (κ3) is 2.31. The normalized spacial score (nSPS) is 11.8. The van der Waals surface area contributed by atoms with Gasteiger partial charge in [-0.1, -0.05) is 26.8 Å². The van der Waals surface area contributed by atoms with Crippen LogP contribution in [0.3, 0.4) is 0 Å². The molecule has 0 saturated carbocycles. The second-order valence-corrected chi connectivity index (χ2v) is 5.15. The summed E-state index contributed by atoms with van der Waals surface area (Å²) in [5.74, 6) is -0.176. The van der Waals surface area contributed by atoms with E-state index in [1.165, 1.54) is 0 Å². The molecule has 0 atom stereocenters. The number of halogens is 2. The van der Waals surface area contributed by atoms with Crippen molar-refractivity contribution in [1.82, 2.24) is 0 Å². The van der Waals surface area contributed by atoms with E-state index >= 15 is 0 Å². The SMILES string of the molecule is Cc1cc(F)c(Br)c(C(C)(C)C)c1. The average molecular weight is 245 g/mol. The van der Waals surface area contributed by atoms with Crippen molar-refractivity contribution in [2.75, 3.05) is 0 Å². The highest BCUT2D eigenvalue weighted by molar-refractivity contribution is 9.10. The van der Waals surface area contributed by atoms with E-state index in [1.807, 2.05) is 13.0 Å². The molecule has 0 radical (unpaired) electrons. The van der Waals surface area contributed by atoms with Crippen molar-refractivity contribution < 1.29 is 4.39 Å². The molecule has 0 aliphatic heterocycles. The van der Waals surface area contributed by atoms with Gasteiger partial charge in [0.25, 0.3) is 0 Å². The summed E-state index contributed by atoms with van der Waals surface area (Å²) in [6.45, 7) is 8.13. The van der Waals surface area contributed by atoms with Crippen LogP contribution in [-0.2, 0) is 5.41 Å². The molecule has 0 nitrogen and oxygen atoms in total. The Morgan fingerprint density at radius 3 is 2.23 bits per heavy atom. The van der Waals surface area contributed by atoms with E-state index in [1.54, 1.807) is 6.07 Å². The van der Waals surface area contributed by atoms with Gasteiger partial charge >= 0.3 is 0 Å². The van der Waals surface area contributed by atoms with E-state index in [0.717, 1.165) is 11.1 Å². The Hall–Kier alpha value is -0.370. The van der Waals surface area contributed by atoms with E-state index in [0.29, 0.717) is 4.47 Å². The molecule has 13 heavy (non-hydrogen) atoms. The minimum atomic E-state index is -0.176. The van der Waals surface area contributed by atoms with Crippen molar-refractivity contribution in [3.8, 4) is 0 Å². The topological polar surface area (TPSA) is 0 Å².